The average Bonchev–Trinajstić information content (AvgIpc) is 2.53. The Morgan fingerprint density at radius 2 is 1.90 bits per heavy atom. The Balaban J connectivity index is 2.08. The molecule has 4 heteroatoms. The van der Waals surface area contributed by atoms with E-state index in [2.05, 4.69) is 6.92 Å². The first-order valence-corrected chi connectivity index (χ1v) is 7.37. The molecule has 1 aliphatic rings. The molecule has 0 aliphatic carbocycles. The highest BCUT2D eigenvalue weighted by atomic mass is 16.5. The molecular weight excluding hydrogens is 254 g/mol. The molecule has 4 nitrogen and oxygen atoms in total. The molecule has 112 valence electrons. The summed E-state index contributed by atoms with van der Waals surface area (Å²) in [5.41, 5.74) is 7.37. The number of benzene rings is 1. The number of hydrogen-bond donors (Lipinski definition) is 1. The molecule has 2 atom stereocenters. The van der Waals surface area contributed by atoms with Gasteiger partial charge in [-0.05, 0) is 37.0 Å². The zero-order chi connectivity index (χ0) is 14.4. The fourth-order valence-electron chi connectivity index (χ4n) is 2.45. The van der Waals surface area contributed by atoms with Gasteiger partial charge in [0.2, 0.25) is 0 Å². The van der Waals surface area contributed by atoms with Crippen LogP contribution in [0.1, 0.15) is 37.9 Å². The minimum absolute atomic E-state index is 0.00578. The summed E-state index contributed by atoms with van der Waals surface area (Å²) in [6, 6.07) is 8.00. The average molecular weight is 279 g/mol. The molecule has 20 heavy (non-hydrogen) atoms. The summed E-state index contributed by atoms with van der Waals surface area (Å²) in [4.78, 5) is 0. The molecule has 0 saturated carbocycles. The van der Waals surface area contributed by atoms with E-state index in [0.29, 0.717) is 0 Å². The van der Waals surface area contributed by atoms with Crippen molar-refractivity contribution in [1.29, 1.82) is 0 Å². The van der Waals surface area contributed by atoms with E-state index in [9.17, 15) is 0 Å². The van der Waals surface area contributed by atoms with Gasteiger partial charge in [0.25, 0.3) is 0 Å². The SMILES string of the molecule is CCC(N)C(OC1CCOCC1)c1ccc(OC)cc1. The summed E-state index contributed by atoms with van der Waals surface area (Å²) < 4.78 is 16.8. The van der Waals surface area contributed by atoms with Crippen molar-refractivity contribution in [2.24, 2.45) is 5.73 Å². The molecule has 0 spiro atoms. The van der Waals surface area contributed by atoms with Crippen molar-refractivity contribution in [3.8, 4) is 5.75 Å². The lowest BCUT2D eigenvalue weighted by atomic mass is 10.00. The van der Waals surface area contributed by atoms with Crippen LogP contribution in [0.4, 0.5) is 0 Å². The van der Waals surface area contributed by atoms with Crippen LogP contribution in [0.2, 0.25) is 0 Å². The summed E-state index contributed by atoms with van der Waals surface area (Å²) in [6.07, 6.45) is 2.97. The van der Waals surface area contributed by atoms with Crippen LogP contribution in [0.5, 0.6) is 5.75 Å². The zero-order valence-corrected chi connectivity index (χ0v) is 12.4. The molecule has 1 heterocycles. The first-order valence-electron chi connectivity index (χ1n) is 7.37. The van der Waals surface area contributed by atoms with Gasteiger partial charge in [0, 0.05) is 19.3 Å². The van der Waals surface area contributed by atoms with Crippen LogP contribution < -0.4 is 10.5 Å². The summed E-state index contributed by atoms with van der Waals surface area (Å²) in [7, 11) is 1.67. The van der Waals surface area contributed by atoms with E-state index in [-0.39, 0.29) is 18.2 Å². The van der Waals surface area contributed by atoms with Crippen LogP contribution in [-0.4, -0.2) is 32.5 Å². The Labute approximate surface area is 121 Å². The number of rotatable bonds is 6. The third-order valence-corrected chi connectivity index (χ3v) is 3.81. The van der Waals surface area contributed by atoms with Gasteiger partial charge in [0.1, 0.15) is 5.75 Å². The van der Waals surface area contributed by atoms with Gasteiger partial charge in [0.15, 0.2) is 0 Å². The van der Waals surface area contributed by atoms with Crippen LogP contribution in [0.25, 0.3) is 0 Å². The van der Waals surface area contributed by atoms with Gasteiger partial charge in [-0.25, -0.2) is 0 Å². The van der Waals surface area contributed by atoms with Crippen LogP contribution in [0.15, 0.2) is 24.3 Å². The van der Waals surface area contributed by atoms with Crippen LogP contribution in [0, 0.1) is 0 Å². The quantitative estimate of drug-likeness (QED) is 0.870. The van der Waals surface area contributed by atoms with Crippen LogP contribution in [-0.2, 0) is 9.47 Å². The Hall–Kier alpha value is -1.10. The maximum Gasteiger partial charge on any atom is 0.118 e. The second-order valence-electron chi connectivity index (χ2n) is 5.21. The minimum Gasteiger partial charge on any atom is -0.497 e. The van der Waals surface area contributed by atoms with E-state index in [1.54, 1.807) is 7.11 Å². The van der Waals surface area contributed by atoms with Gasteiger partial charge >= 0.3 is 0 Å². The van der Waals surface area contributed by atoms with E-state index < -0.39 is 0 Å². The highest BCUT2D eigenvalue weighted by molar-refractivity contribution is 5.29. The minimum atomic E-state index is -0.0611. The number of methoxy groups -OCH3 is 1. The summed E-state index contributed by atoms with van der Waals surface area (Å²) in [5.74, 6) is 0.851. The lowest BCUT2D eigenvalue weighted by molar-refractivity contribution is -0.0778. The topological polar surface area (TPSA) is 53.7 Å². The zero-order valence-electron chi connectivity index (χ0n) is 12.4. The molecule has 0 bridgehead atoms. The molecule has 0 radical (unpaired) electrons. The van der Waals surface area contributed by atoms with Crippen molar-refractivity contribution in [3.05, 3.63) is 29.8 Å². The van der Waals surface area contributed by atoms with Gasteiger partial charge in [0.05, 0.1) is 19.3 Å². The fraction of sp³-hybridized carbons (Fsp3) is 0.625. The summed E-state index contributed by atoms with van der Waals surface area (Å²) in [5, 5.41) is 0. The smallest absolute Gasteiger partial charge is 0.118 e. The number of nitrogens with two attached hydrogens (primary N) is 1. The molecule has 2 rings (SSSR count). The van der Waals surface area contributed by atoms with E-state index in [4.69, 9.17) is 19.9 Å². The van der Waals surface area contributed by atoms with Crippen molar-refractivity contribution in [2.45, 2.75) is 44.4 Å². The third kappa shape index (κ3) is 3.95. The van der Waals surface area contributed by atoms with Gasteiger partial charge in [-0.15, -0.1) is 0 Å². The Morgan fingerprint density at radius 1 is 1.25 bits per heavy atom. The largest absolute Gasteiger partial charge is 0.497 e. The van der Waals surface area contributed by atoms with Gasteiger partial charge in [-0.2, -0.15) is 0 Å². The number of ether oxygens (including phenoxy) is 3. The Morgan fingerprint density at radius 3 is 2.45 bits per heavy atom. The lowest BCUT2D eigenvalue weighted by Gasteiger charge is -2.31. The summed E-state index contributed by atoms with van der Waals surface area (Å²) >= 11 is 0. The molecule has 1 fully saturated rings. The molecule has 2 N–H and O–H groups in total. The van der Waals surface area contributed by atoms with Crippen molar-refractivity contribution >= 4 is 0 Å². The normalized spacial score (nSPS) is 19.6. The second-order valence-corrected chi connectivity index (χ2v) is 5.21. The molecule has 0 amide bonds. The van der Waals surface area contributed by atoms with Crippen LogP contribution in [0.3, 0.4) is 0 Å². The van der Waals surface area contributed by atoms with Crippen LogP contribution >= 0.6 is 0 Å². The number of hydrogen-bond acceptors (Lipinski definition) is 4. The molecule has 0 aromatic heterocycles. The van der Waals surface area contributed by atoms with Gasteiger partial charge < -0.3 is 19.9 Å². The van der Waals surface area contributed by atoms with Gasteiger partial charge in [-0.1, -0.05) is 19.1 Å². The first-order chi connectivity index (χ1) is 9.74. The van der Waals surface area contributed by atoms with Crippen molar-refractivity contribution < 1.29 is 14.2 Å². The van der Waals surface area contributed by atoms with E-state index in [1.165, 1.54) is 0 Å². The van der Waals surface area contributed by atoms with Crippen molar-refractivity contribution in [1.82, 2.24) is 0 Å². The Bertz CT molecular complexity index is 387. The van der Waals surface area contributed by atoms with Crippen molar-refractivity contribution in [3.63, 3.8) is 0 Å². The maximum atomic E-state index is 6.26. The lowest BCUT2D eigenvalue weighted by Crippen LogP contribution is -2.34. The van der Waals surface area contributed by atoms with E-state index >= 15 is 0 Å². The van der Waals surface area contributed by atoms with E-state index in [1.807, 2.05) is 24.3 Å². The second kappa shape index (κ2) is 7.62. The first kappa shape index (κ1) is 15.3. The standard InChI is InChI=1S/C16H25NO3/c1-3-15(17)16(20-14-8-10-19-11-9-14)12-4-6-13(18-2)7-5-12/h4-7,14-16H,3,8-11,17H2,1-2H3. The monoisotopic (exact) mass is 279 g/mol. The third-order valence-electron chi connectivity index (χ3n) is 3.81. The predicted octanol–water partition coefficient (Wildman–Crippen LogP) is 2.67. The molecule has 1 aromatic rings. The molecule has 1 aromatic carbocycles. The van der Waals surface area contributed by atoms with Gasteiger partial charge in [-0.3, -0.25) is 0 Å². The highest BCUT2D eigenvalue weighted by Crippen LogP contribution is 2.28. The van der Waals surface area contributed by atoms with E-state index in [0.717, 1.165) is 43.8 Å². The molecular formula is C16H25NO3. The molecule has 1 aliphatic heterocycles. The Kier molecular flexibility index (Phi) is 5.83. The summed E-state index contributed by atoms with van der Waals surface area (Å²) in [6.45, 7) is 3.65. The predicted molar refractivity (Wildman–Crippen MR) is 78.9 cm³/mol. The molecule has 2 unspecified atom stereocenters. The van der Waals surface area contributed by atoms with Crippen molar-refractivity contribution in [2.75, 3.05) is 20.3 Å². The fourth-order valence-corrected chi connectivity index (χ4v) is 2.45. The highest BCUT2D eigenvalue weighted by Gasteiger charge is 2.25. The molecule has 1 saturated heterocycles. The maximum absolute atomic E-state index is 6.26.